The van der Waals surface area contributed by atoms with Gasteiger partial charge in [0.1, 0.15) is 11.6 Å². The Morgan fingerprint density at radius 3 is 2.76 bits per heavy atom. The van der Waals surface area contributed by atoms with Gasteiger partial charge in [0.2, 0.25) is 0 Å². The van der Waals surface area contributed by atoms with Crippen LogP contribution in [0.1, 0.15) is 51.9 Å². The average molecular weight is 454 g/mol. The number of nitrogens with zero attached hydrogens (tertiary/aromatic N) is 3. The lowest BCUT2D eigenvalue weighted by Crippen LogP contribution is -2.47. The van der Waals surface area contributed by atoms with E-state index in [0.717, 1.165) is 54.8 Å². The van der Waals surface area contributed by atoms with Crippen LogP contribution in [0.15, 0.2) is 24.4 Å². The Morgan fingerprint density at radius 1 is 1.21 bits per heavy atom. The summed E-state index contributed by atoms with van der Waals surface area (Å²) in [6.07, 6.45) is 9.00. The highest BCUT2D eigenvalue weighted by Crippen LogP contribution is 2.37. The van der Waals surface area contributed by atoms with Gasteiger partial charge in [0.15, 0.2) is 0 Å². The number of hydrogen-bond acceptors (Lipinski definition) is 9. The Kier molecular flexibility index (Phi) is 6.62. The summed E-state index contributed by atoms with van der Waals surface area (Å²) in [6, 6.07) is 8.04. The fraction of sp³-hybridized carbons (Fsp3) is 0.625. The number of methoxy groups -OCH3 is 1. The topological polar surface area (TPSA) is 103 Å². The maximum absolute atomic E-state index is 11.5. The lowest BCUT2D eigenvalue weighted by molar-refractivity contribution is -0.140. The van der Waals surface area contributed by atoms with Crippen LogP contribution in [0.25, 0.3) is 10.9 Å². The highest BCUT2D eigenvalue weighted by molar-refractivity contribution is 5.91. The first kappa shape index (κ1) is 22.3. The second-order valence-corrected chi connectivity index (χ2v) is 9.66. The summed E-state index contributed by atoms with van der Waals surface area (Å²) in [5, 5.41) is 8.34. The number of hydrogen-bond donors (Lipinski definition) is 4. The Morgan fingerprint density at radius 2 is 2.03 bits per heavy atom. The Hall–Kier alpha value is -2.49. The van der Waals surface area contributed by atoms with Gasteiger partial charge in [-0.1, -0.05) is 0 Å². The first-order chi connectivity index (χ1) is 16.1. The molecule has 0 radical (unpaired) electrons. The number of carbonyl (C=O) groups excluding carboxylic acids is 1. The number of anilines is 2. The van der Waals surface area contributed by atoms with E-state index in [2.05, 4.69) is 44.4 Å². The molecule has 9 nitrogen and oxygen atoms in total. The number of aromatic nitrogens is 2. The van der Waals surface area contributed by atoms with E-state index in [1.165, 1.54) is 20.0 Å². The summed E-state index contributed by atoms with van der Waals surface area (Å²) >= 11 is 0. The predicted octanol–water partition coefficient (Wildman–Crippen LogP) is 2.61. The van der Waals surface area contributed by atoms with Crippen LogP contribution in [0.2, 0.25) is 0 Å². The molecule has 2 aromatic rings. The fourth-order valence-electron chi connectivity index (χ4n) is 5.71. The molecule has 5 rings (SSSR count). The van der Waals surface area contributed by atoms with Gasteiger partial charge in [-0.15, -0.1) is 0 Å². The number of hydrazine groups is 1. The average Bonchev–Trinajstić information content (AvgIpc) is 3.32. The number of fused-ring (bicyclic) bond motifs is 3. The Labute approximate surface area is 195 Å². The van der Waals surface area contributed by atoms with Crippen molar-refractivity contribution < 1.29 is 9.53 Å². The van der Waals surface area contributed by atoms with Gasteiger partial charge in [-0.2, -0.15) is 0 Å². The molecule has 0 aliphatic carbocycles. The van der Waals surface area contributed by atoms with Crippen LogP contribution in [0.4, 0.5) is 11.6 Å². The molecule has 178 valence electrons. The maximum atomic E-state index is 11.5. The molecule has 33 heavy (non-hydrogen) atoms. The maximum Gasteiger partial charge on any atom is 0.305 e. The third kappa shape index (κ3) is 5.05. The van der Waals surface area contributed by atoms with Crippen LogP contribution in [-0.4, -0.2) is 64.8 Å². The minimum absolute atomic E-state index is 0.114. The minimum Gasteiger partial charge on any atom is -0.469 e. The predicted molar refractivity (Wildman–Crippen MR) is 129 cm³/mol. The molecule has 0 spiro atoms. The van der Waals surface area contributed by atoms with Crippen LogP contribution in [0, 0.1) is 0 Å². The monoisotopic (exact) mass is 453 g/mol. The number of carbonyl (C=O) groups is 1. The number of piperidine rings is 1. The van der Waals surface area contributed by atoms with Crippen LogP contribution in [0.5, 0.6) is 0 Å². The Balaban J connectivity index is 1.27. The first-order valence-electron chi connectivity index (χ1n) is 12.2. The summed E-state index contributed by atoms with van der Waals surface area (Å²) in [7, 11) is 1.46. The summed E-state index contributed by atoms with van der Waals surface area (Å²) in [4.78, 5) is 23.6. The largest absolute Gasteiger partial charge is 0.469 e. The van der Waals surface area contributed by atoms with Gasteiger partial charge in [0, 0.05) is 48.2 Å². The SMILES string of the molecule is COC(=O)CCCN1[C@@H]2CC[C@H]1CC(Nc1nc(NC3CC(C)NN3)cc3ncccc13)C2. The standard InChI is InChI=1S/C24H35N7O2/c1-15-11-22(30-29-15)27-21-14-20-19(5-3-9-25-20)24(28-21)26-16-12-17-7-8-18(13-16)31(17)10-4-6-23(32)33-2/h3,5,9,14-18,22,29-30H,4,6-8,10-13H2,1-2H3,(H2,26,27,28)/t15?,16?,17-,18+,22?. The molecular formula is C24H35N7O2. The van der Waals surface area contributed by atoms with Crippen molar-refractivity contribution in [2.45, 2.75) is 82.2 Å². The number of nitrogens with one attached hydrogen (secondary N) is 4. The van der Waals surface area contributed by atoms with Gasteiger partial charge >= 0.3 is 5.97 Å². The van der Waals surface area contributed by atoms with Crippen molar-refractivity contribution in [2.75, 3.05) is 24.3 Å². The molecule has 2 bridgehead atoms. The zero-order valence-corrected chi connectivity index (χ0v) is 19.5. The van der Waals surface area contributed by atoms with E-state index in [4.69, 9.17) is 9.72 Å². The molecule has 0 saturated carbocycles. The number of pyridine rings is 2. The third-order valence-electron chi connectivity index (χ3n) is 7.26. The van der Waals surface area contributed by atoms with E-state index in [1.807, 2.05) is 18.3 Å². The smallest absolute Gasteiger partial charge is 0.305 e. The van der Waals surface area contributed by atoms with Gasteiger partial charge < -0.3 is 15.4 Å². The van der Waals surface area contributed by atoms with Gasteiger partial charge in [-0.25, -0.2) is 10.4 Å². The zero-order valence-electron chi connectivity index (χ0n) is 19.5. The lowest BCUT2D eigenvalue weighted by Gasteiger charge is -2.39. The molecule has 9 heteroatoms. The van der Waals surface area contributed by atoms with Crippen molar-refractivity contribution in [1.29, 1.82) is 0 Å². The molecule has 3 unspecified atom stereocenters. The summed E-state index contributed by atoms with van der Waals surface area (Å²) in [6.45, 7) is 3.13. The van der Waals surface area contributed by atoms with E-state index >= 15 is 0 Å². The molecular weight excluding hydrogens is 418 g/mol. The highest BCUT2D eigenvalue weighted by atomic mass is 16.5. The van der Waals surface area contributed by atoms with Crippen molar-refractivity contribution in [3.8, 4) is 0 Å². The van der Waals surface area contributed by atoms with Gasteiger partial charge in [-0.3, -0.25) is 20.1 Å². The molecule has 5 heterocycles. The van der Waals surface area contributed by atoms with Crippen molar-refractivity contribution in [3.05, 3.63) is 24.4 Å². The zero-order chi connectivity index (χ0) is 22.8. The first-order valence-corrected chi connectivity index (χ1v) is 12.2. The van der Waals surface area contributed by atoms with Crippen LogP contribution in [0.3, 0.4) is 0 Å². The van der Waals surface area contributed by atoms with Crippen molar-refractivity contribution >= 4 is 28.5 Å². The molecule has 2 aromatic heterocycles. The van der Waals surface area contributed by atoms with Gasteiger partial charge in [0.05, 0.1) is 18.8 Å². The third-order valence-corrected chi connectivity index (χ3v) is 7.26. The number of ether oxygens (including phenoxy) is 1. The van der Waals surface area contributed by atoms with Crippen molar-refractivity contribution in [2.24, 2.45) is 0 Å². The second-order valence-electron chi connectivity index (χ2n) is 9.66. The highest BCUT2D eigenvalue weighted by Gasteiger charge is 2.40. The van der Waals surface area contributed by atoms with Crippen LogP contribution >= 0.6 is 0 Å². The van der Waals surface area contributed by atoms with Crippen LogP contribution < -0.4 is 21.5 Å². The van der Waals surface area contributed by atoms with E-state index in [-0.39, 0.29) is 12.1 Å². The summed E-state index contributed by atoms with van der Waals surface area (Å²) in [5.74, 6) is 1.63. The van der Waals surface area contributed by atoms with E-state index in [9.17, 15) is 4.79 Å². The molecule has 3 aliphatic rings. The molecule has 3 saturated heterocycles. The van der Waals surface area contributed by atoms with E-state index < -0.39 is 0 Å². The van der Waals surface area contributed by atoms with E-state index in [1.54, 1.807) is 0 Å². The molecule has 3 fully saturated rings. The summed E-state index contributed by atoms with van der Waals surface area (Å²) in [5.41, 5.74) is 7.47. The van der Waals surface area contributed by atoms with Crippen molar-refractivity contribution in [3.63, 3.8) is 0 Å². The molecule has 0 aromatic carbocycles. The quantitative estimate of drug-likeness (QED) is 0.449. The van der Waals surface area contributed by atoms with Crippen molar-refractivity contribution in [1.82, 2.24) is 25.7 Å². The Bertz CT molecular complexity index is 972. The van der Waals surface area contributed by atoms with Crippen LogP contribution in [-0.2, 0) is 9.53 Å². The molecule has 0 amide bonds. The minimum atomic E-state index is -0.114. The lowest BCUT2D eigenvalue weighted by atomic mass is 9.96. The molecule has 5 atom stereocenters. The summed E-state index contributed by atoms with van der Waals surface area (Å²) < 4.78 is 4.79. The second kappa shape index (κ2) is 9.79. The number of rotatable bonds is 8. The fourth-order valence-corrected chi connectivity index (χ4v) is 5.71. The molecule has 4 N–H and O–H groups in total. The van der Waals surface area contributed by atoms with Gasteiger partial charge in [0.25, 0.3) is 0 Å². The van der Waals surface area contributed by atoms with Gasteiger partial charge in [-0.05, 0) is 64.1 Å². The molecule has 3 aliphatic heterocycles. The normalized spacial score (nSPS) is 29.3. The number of esters is 1. The van der Waals surface area contributed by atoms with E-state index in [0.29, 0.717) is 30.6 Å².